The molecule has 3 nitrogen and oxygen atoms in total. The Morgan fingerprint density at radius 3 is 1.49 bits per heavy atom. The molecular formula is C38H27N3. The molecule has 1 aliphatic heterocycles. The van der Waals surface area contributed by atoms with Gasteiger partial charge < -0.3 is 4.57 Å². The molecule has 8 rings (SSSR count). The number of rotatable bonds is 3. The number of anilines is 4. The van der Waals surface area contributed by atoms with Crippen LogP contribution in [0.2, 0.25) is 0 Å². The number of aromatic nitrogens is 1. The van der Waals surface area contributed by atoms with E-state index in [9.17, 15) is 0 Å². The molecule has 0 fully saturated rings. The van der Waals surface area contributed by atoms with Crippen molar-refractivity contribution in [1.29, 1.82) is 0 Å². The van der Waals surface area contributed by atoms with E-state index in [1.54, 1.807) is 0 Å². The van der Waals surface area contributed by atoms with Crippen molar-refractivity contribution in [2.45, 2.75) is 0 Å². The van der Waals surface area contributed by atoms with Crippen LogP contribution in [0.25, 0.3) is 33.1 Å². The molecule has 0 N–H and O–H groups in total. The molecule has 1 aliphatic rings. The largest absolute Gasteiger partial charge is 0.309 e. The van der Waals surface area contributed by atoms with Crippen molar-refractivity contribution < 1.29 is 0 Å². The minimum absolute atomic E-state index is 1.01. The quantitative estimate of drug-likeness (QED) is 0.227. The number of nitrogens with zero attached hydrogens (tertiary/aromatic N) is 3. The topological polar surface area (TPSA) is 11.4 Å². The van der Waals surface area contributed by atoms with Crippen molar-refractivity contribution in [3.8, 4) is 5.69 Å². The summed E-state index contributed by atoms with van der Waals surface area (Å²) in [5, 5.41) is 7.16. The second-order valence-electron chi connectivity index (χ2n) is 10.4. The van der Waals surface area contributed by atoms with Crippen molar-refractivity contribution >= 4 is 50.1 Å². The molecule has 0 bridgehead atoms. The molecule has 0 spiro atoms. The summed E-state index contributed by atoms with van der Waals surface area (Å²) in [6.07, 6.45) is 0. The molecule has 2 heterocycles. The minimum Gasteiger partial charge on any atom is -0.309 e. The first-order valence-corrected chi connectivity index (χ1v) is 13.9. The van der Waals surface area contributed by atoms with Crippen LogP contribution < -0.4 is 10.0 Å². The highest BCUT2D eigenvalue weighted by Gasteiger charge is 2.30. The number of benzene rings is 6. The zero-order valence-corrected chi connectivity index (χ0v) is 22.5. The van der Waals surface area contributed by atoms with Crippen molar-refractivity contribution in [3.63, 3.8) is 0 Å². The van der Waals surface area contributed by atoms with Crippen LogP contribution in [0.15, 0.2) is 158 Å². The van der Waals surface area contributed by atoms with Crippen molar-refractivity contribution in [3.05, 3.63) is 169 Å². The molecule has 0 saturated heterocycles. The molecule has 194 valence electrons. The van der Waals surface area contributed by atoms with Gasteiger partial charge in [-0.15, -0.1) is 0 Å². The molecule has 41 heavy (non-hydrogen) atoms. The summed E-state index contributed by atoms with van der Waals surface area (Å²) in [7, 11) is 0. The summed E-state index contributed by atoms with van der Waals surface area (Å²) in [6, 6.07) is 53.8. The van der Waals surface area contributed by atoms with Gasteiger partial charge in [0.2, 0.25) is 0 Å². The fourth-order valence-electron chi connectivity index (χ4n) is 6.23. The Morgan fingerprint density at radius 2 is 0.854 bits per heavy atom. The van der Waals surface area contributed by atoms with Crippen LogP contribution in [0.5, 0.6) is 0 Å². The third kappa shape index (κ3) is 3.60. The molecule has 0 aliphatic carbocycles. The summed E-state index contributed by atoms with van der Waals surface area (Å²) >= 11 is 0. The maximum absolute atomic E-state index is 4.58. The zero-order chi connectivity index (χ0) is 27.3. The number of para-hydroxylation sites is 5. The van der Waals surface area contributed by atoms with E-state index >= 15 is 0 Å². The van der Waals surface area contributed by atoms with Crippen molar-refractivity contribution in [2.24, 2.45) is 0 Å². The van der Waals surface area contributed by atoms with Crippen LogP contribution in [0.1, 0.15) is 11.1 Å². The van der Waals surface area contributed by atoms with E-state index in [4.69, 9.17) is 0 Å². The average Bonchev–Trinajstić information content (AvgIpc) is 3.33. The van der Waals surface area contributed by atoms with Gasteiger partial charge in [-0.25, -0.2) is 10.0 Å². The van der Waals surface area contributed by atoms with Crippen LogP contribution in [0.4, 0.5) is 22.7 Å². The second kappa shape index (κ2) is 9.29. The van der Waals surface area contributed by atoms with E-state index in [-0.39, 0.29) is 0 Å². The van der Waals surface area contributed by atoms with Crippen LogP contribution in [-0.4, -0.2) is 4.57 Å². The van der Waals surface area contributed by atoms with Gasteiger partial charge in [0, 0.05) is 27.6 Å². The lowest BCUT2D eigenvalue weighted by Crippen LogP contribution is -2.35. The lowest BCUT2D eigenvalue weighted by molar-refractivity contribution is 0.990. The van der Waals surface area contributed by atoms with Gasteiger partial charge in [-0.1, -0.05) is 104 Å². The predicted octanol–water partition coefficient (Wildman–Crippen LogP) is 10.0. The number of hydrogen-bond acceptors (Lipinski definition) is 2. The fraction of sp³-hybridized carbons (Fsp3) is 0. The Hall–Kier alpha value is -5.54. The van der Waals surface area contributed by atoms with Crippen molar-refractivity contribution in [1.82, 2.24) is 4.57 Å². The van der Waals surface area contributed by atoms with Gasteiger partial charge in [0.25, 0.3) is 0 Å². The lowest BCUT2D eigenvalue weighted by atomic mass is 9.97. The first-order chi connectivity index (χ1) is 20.3. The summed E-state index contributed by atoms with van der Waals surface area (Å²) in [4.78, 5) is 0. The van der Waals surface area contributed by atoms with Gasteiger partial charge in [0.05, 0.1) is 33.8 Å². The van der Waals surface area contributed by atoms with Gasteiger partial charge in [-0.2, -0.15) is 0 Å². The first-order valence-electron chi connectivity index (χ1n) is 13.9. The predicted molar refractivity (Wildman–Crippen MR) is 173 cm³/mol. The van der Waals surface area contributed by atoms with E-state index in [0.717, 1.165) is 45.1 Å². The Morgan fingerprint density at radius 1 is 0.390 bits per heavy atom. The highest BCUT2D eigenvalue weighted by Crippen LogP contribution is 2.47. The smallest absolute Gasteiger partial charge is 0.0715 e. The standard InChI is InChI=1S/C38H27N3/c1-27-31-18-5-11-24-37(31)40(28-14-3-2-4-15-28)41(38-25-12-6-19-32(27)38)30-17-13-16-29(26-30)39-35-22-9-7-20-33(35)34-21-8-10-23-36(34)39/h2-26H,1H2. The highest BCUT2D eigenvalue weighted by atomic mass is 15.6. The van der Waals surface area contributed by atoms with E-state index < -0.39 is 0 Å². The Balaban J connectivity index is 1.42. The number of hydrogen-bond donors (Lipinski definition) is 0. The van der Waals surface area contributed by atoms with Crippen LogP contribution in [0.3, 0.4) is 0 Å². The Labute approximate surface area is 239 Å². The van der Waals surface area contributed by atoms with Gasteiger partial charge in [0.15, 0.2) is 0 Å². The summed E-state index contributed by atoms with van der Waals surface area (Å²) in [5.74, 6) is 0. The summed E-state index contributed by atoms with van der Waals surface area (Å²) in [6.45, 7) is 4.58. The normalized spacial score (nSPS) is 12.8. The SMILES string of the molecule is C=C1c2ccccc2N(c2ccccc2)N(c2cccc(-n3c4ccccc4c4ccccc43)c2)c2ccccc21. The van der Waals surface area contributed by atoms with Crippen LogP contribution >= 0.6 is 0 Å². The minimum atomic E-state index is 1.01. The fourth-order valence-corrected chi connectivity index (χ4v) is 6.23. The molecule has 3 heteroatoms. The molecular weight excluding hydrogens is 498 g/mol. The highest BCUT2D eigenvalue weighted by molar-refractivity contribution is 6.09. The average molecular weight is 526 g/mol. The molecule has 6 aromatic carbocycles. The van der Waals surface area contributed by atoms with Gasteiger partial charge in [-0.05, 0) is 60.2 Å². The van der Waals surface area contributed by atoms with Gasteiger partial charge in [-0.3, -0.25) is 0 Å². The lowest BCUT2D eigenvalue weighted by Gasteiger charge is -2.38. The first kappa shape index (κ1) is 23.4. The molecule has 0 atom stereocenters. The zero-order valence-electron chi connectivity index (χ0n) is 22.5. The van der Waals surface area contributed by atoms with E-state index in [0.29, 0.717) is 0 Å². The third-order valence-electron chi connectivity index (χ3n) is 8.03. The van der Waals surface area contributed by atoms with Crippen LogP contribution in [0, 0.1) is 0 Å². The molecule has 0 saturated carbocycles. The maximum atomic E-state index is 4.58. The Bertz CT molecular complexity index is 2030. The third-order valence-corrected chi connectivity index (χ3v) is 8.03. The van der Waals surface area contributed by atoms with Gasteiger partial charge in [0.1, 0.15) is 0 Å². The van der Waals surface area contributed by atoms with Crippen LogP contribution in [-0.2, 0) is 0 Å². The molecule has 0 radical (unpaired) electrons. The van der Waals surface area contributed by atoms with E-state index in [1.165, 1.54) is 21.8 Å². The van der Waals surface area contributed by atoms with Crippen molar-refractivity contribution in [2.75, 3.05) is 10.0 Å². The summed E-state index contributed by atoms with van der Waals surface area (Å²) in [5.41, 5.74) is 11.0. The molecule has 0 unspecified atom stereocenters. The number of hydrazine groups is 1. The second-order valence-corrected chi connectivity index (χ2v) is 10.4. The van der Waals surface area contributed by atoms with E-state index in [1.807, 2.05) is 0 Å². The monoisotopic (exact) mass is 525 g/mol. The molecule has 1 aromatic heterocycles. The van der Waals surface area contributed by atoms with Gasteiger partial charge >= 0.3 is 0 Å². The maximum Gasteiger partial charge on any atom is 0.0715 e. The number of fused-ring (bicyclic) bond motifs is 5. The summed E-state index contributed by atoms with van der Waals surface area (Å²) < 4.78 is 2.37. The Kier molecular flexibility index (Phi) is 5.29. The van der Waals surface area contributed by atoms with E-state index in [2.05, 4.69) is 173 Å². The molecule has 0 amide bonds. The molecule has 7 aromatic rings.